The van der Waals surface area contributed by atoms with Crippen molar-refractivity contribution in [3.05, 3.63) is 58.3 Å². The van der Waals surface area contributed by atoms with Gasteiger partial charge in [-0.05, 0) is 52.7 Å². The van der Waals surface area contributed by atoms with Crippen LogP contribution in [0.3, 0.4) is 0 Å². The lowest BCUT2D eigenvalue weighted by Crippen LogP contribution is -2.23. The molecule has 0 saturated carbocycles. The second-order valence-electron chi connectivity index (χ2n) is 4.66. The first kappa shape index (κ1) is 15.5. The Balaban J connectivity index is 1.97. The summed E-state index contributed by atoms with van der Waals surface area (Å²) in [5.74, 6) is -0.0396. The normalized spacial score (nSPS) is 10.2. The van der Waals surface area contributed by atoms with Crippen LogP contribution < -0.4 is 10.6 Å². The number of benzene rings is 1. The first-order chi connectivity index (χ1) is 10.2. The molecule has 110 valence electrons. The van der Waals surface area contributed by atoms with E-state index >= 15 is 0 Å². The molecule has 2 aromatic rings. The van der Waals surface area contributed by atoms with Gasteiger partial charge in [0, 0.05) is 28.5 Å². The number of pyridine rings is 1. The predicted molar refractivity (Wildman–Crippen MR) is 88.3 cm³/mol. The second kappa shape index (κ2) is 7.78. The fraction of sp³-hybridized carbons (Fsp3) is 0.250. The number of rotatable bonds is 6. The van der Waals surface area contributed by atoms with Gasteiger partial charge in [0.25, 0.3) is 5.91 Å². The van der Waals surface area contributed by atoms with Crippen LogP contribution in [-0.4, -0.2) is 17.4 Å². The molecule has 21 heavy (non-hydrogen) atoms. The first-order valence-electron chi connectivity index (χ1n) is 6.91. The third kappa shape index (κ3) is 4.86. The van der Waals surface area contributed by atoms with Crippen molar-refractivity contribution in [1.82, 2.24) is 10.3 Å². The second-order valence-corrected chi connectivity index (χ2v) is 5.57. The summed E-state index contributed by atoms with van der Waals surface area (Å²) in [5.41, 5.74) is 2.51. The van der Waals surface area contributed by atoms with Crippen molar-refractivity contribution in [1.29, 1.82) is 0 Å². The average molecular weight is 348 g/mol. The first-order valence-corrected chi connectivity index (χ1v) is 7.71. The highest BCUT2D eigenvalue weighted by Crippen LogP contribution is 2.13. The number of hydrogen-bond acceptors (Lipinski definition) is 3. The van der Waals surface area contributed by atoms with E-state index in [1.54, 1.807) is 6.20 Å². The van der Waals surface area contributed by atoms with Gasteiger partial charge < -0.3 is 10.6 Å². The van der Waals surface area contributed by atoms with E-state index in [0.29, 0.717) is 18.7 Å². The third-order valence-corrected chi connectivity index (χ3v) is 3.39. The smallest absolute Gasteiger partial charge is 0.251 e. The molecule has 0 bridgehead atoms. The van der Waals surface area contributed by atoms with Crippen LogP contribution in [0.4, 0.5) is 5.69 Å². The van der Waals surface area contributed by atoms with E-state index < -0.39 is 0 Å². The quantitative estimate of drug-likeness (QED) is 0.839. The standard InChI is InChI=1S/C16H18BrN3O/c1-2-8-18-16(21)12-4-3-5-14(9-12)20-11-15-7-6-13(17)10-19-15/h3-7,9-10,20H,2,8,11H2,1H3,(H,18,21). The average Bonchev–Trinajstić information content (AvgIpc) is 2.52. The van der Waals surface area contributed by atoms with E-state index in [4.69, 9.17) is 0 Å². The largest absolute Gasteiger partial charge is 0.379 e. The molecule has 0 atom stereocenters. The number of anilines is 1. The molecule has 1 aromatic carbocycles. The van der Waals surface area contributed by atoms with Crippen molar-refractivity contribution in [3.63, 3.8) is 0 Å². The molecule has 0 aliphatic rings. The number of carbonyl (C=O) groups excluding carboxylic acids is 1. The SMILES string of the molecule is CCCNC(=O)c1cccc(NCc2ccc(Br)cn2)c1. The molecule has 5 heteroatoms. The molecule has 1 amide bonds. The fourth-order valence-electron chi connectivity index (χ4n) is 1.81. The minimum absolute atomic E-state index is 0.0396. The van der Waals surface area contributed by atoms with E-state index in [-0.39, 0.29) is 5.91 Å². The Labute approximate surface area is 133 Å². The molecule has 1 aromatic heterocycles. The molecule has 0 fully saturated rings. The van der Waals surface area contributed by atoms with Gasteiger partial charge in [0.1, 0.15) is 0 Å². The van der Waals surface area contributed by atoms with Crippen LogP contribution in [0, 0.1) is 0 Å². The maximum absolute atomic E-state index is 11.9. The molecule has 0 saturated heterocycles. The van der Waals surface area contributed by atoms with Crippen molar-refractivity contribution in [2.24, 2.45) is 0 Å². The summed E-state index contributed by atoms with van der Waals surface area (Å²) in [5, 5.41) is 6.15. The highest BCUT2D eigenvalue weighted by atomic mass is 79.9. The van der Waals surface area contributed by atoms with Crippen LogP contribution in [0.5, 0.6) is 0 Å². The summed E-state index contributed by atoms with van der Waals surface area (Å²) in [6.45, 7) is 3.34. The van der Waals surface area contributed by atoms with E-state index in [1.807, 2.05) is 43.3 Å². The van der Waals surface area contributed by atoms with Crippen LogP contribution in [0.15, 0.2) is 47.1 Å². The number of hydrogen-bond donors (Lipinski definition) is 2. The zero-order chi connectivity index (χ0) is 15.1. The Morgan fingerprint density at radius 3 is 2.86 bits per heavy atom. The zero-order valence-electron chi connectivity index (χ0n) is 11.9. The summed E-state index contributed by atoms with van der Waals surface area (Å²) < 4.78 is 0.959. The summed E-state index contributed by atoms with van der Waals surface area (Å²) in [6, 6.07) is 11.4. The number of carbonyl (C=O) groups is 1. The topological polar surface area (TPSA) is 54.0 Å². The molecule has 0 aliphatic carbocycles. The summed E-state index contributed by atoms with van der Waals surface area (Å²) >= 11 is 3.36. The zero-order valence-corrected chi connectivity index (χ0v) is 13.5. The van der Waals surface area contributed by atoms with E-state index in [0.717, 1.165) is 22.3 Å². The van der Waals surface area contributed by atoms with Gasteiger partial charge in [0.2, 0.25) is 0 Å². The molecule has 0 unspecified atom stereocenters. The van der Waals surface area contributed by atoms with Crippen LogP contribution in [0.1, 0.15) is 29.4 Å². The van der Waals surface area contributed by atoms with E-state index in [1.165, 1.54) is 0 Å². The number of amides is 1. The summed E-state index contributed by atoms with van der Waals surface area (Å²) in [6.07, 6.45) is 2.70. The van der Waals surface area contributed by atoms with Crippen LogP contribution >= 0.6 is 15.9 Å². The van der Waals surface area contributed by atoms with E-state index in [9.17, 15) is 4.79 Å². The van der Waals surface area contributed by atoms with Crippen molar-refractivity contribution < 1.29 is 4.79 Å². The van der Waals surface area contributed by atoms with Crippen LogP contribution in [0.2, 0.25) is 0 Å². The molecule has 0 spiro atoms. The Hall–Kier alpha value is -1.88. The Morgan fingerprint density at radius 1 is 1.29 bits per heavy atom. The minimum atomic E-state index is -0.0396. The van der Waals surface area contributed by atoms with Gasteiger partial charge in [-0.15, -0.1) is 0 Å². The van der Waals surface area contributed by atoms with Crippen molar-refractivity contribution in [2.45, 2.75) is 19.9 Å². The van der Waals surface area contributed by atoms with E-state index in [2.05, 4.69) is 31.5 Å². The fourth-order valence-corrected chi connectivity index (χ4v) is 2.05. The number of halogens is 1. The predicted octanol–water partition coefficient (Wildman–Crippen LogP) is 3.60. The molecular weight excluding hydrogens is 330 g/mol. The highest BCUT2D eigenvalue weighted by Gasteiger charge is 2.05. The lowest BCUT2D eigenvalue weighted by molar-refractivity contribution is 0.0953. The van der Waals surface area contributed by atoms with Crippen LogP contribution in [0.25, 0.3) is 0 Å². The summed E-state index contributed by atoms with van der Waals surface area (Å²) in [7, 11) is 0. The molecule has 4 nitrogen and oxygen atoms in total. The lowest BCUT2D eigenvalue weighted by atomic mass is 10.2. The van der Waals surface area contributed by atoms with Gasteiger partial charge in [-0.1, -0.05) is 13.0 Å². The molecular formula is C16H18BrN3O. The lowest BCUT2D eigenvalue weighted by Gasteiger charge is -2.08. The molecule has 0 radical (unpaired) electrons. The van der Waals surface area contributed by atoms with Gasteiger partial charge in [0.15, 0.2) is 0 Å². The van der Waals surface area contributed by atoms with Crippen molar-refractivity contribution in [3.8, 4) is 0 Å². The van der Waals surface area contributed by atoms with Crippen LogP contribution in [-0.2, 0) is 6.54 Å². The van der Waals surface area contributed by atoms with Gasteiger partial charge in [-0.3, -0.25) is 9.78 Å². The Kier molecular flexibility index (Phi) is 5.75. The number of aromatic nitrogens is 1. The van der Waals surface area contributed by atoms with Gasteiger partial charge in [0.05, 0.1) is 12.2 Å². The maximum atomic E-state index is 11.9. The van der Waals surface area contributed by atoms with Crippen molar-refractivity contribution in [2.75, 3.05) is 11.9 Å². The molecule has 2 N–H and O–H groups in total. The monoisotopic (exact) mass is 347 g/mol. The van der Waals surface area contributed by atoms with Crippen molar-refractivity contribution >= 4 is 27.5 Å². The van der Waals surface area contributed by atoms with Gasteiger partial charge >= 0.3 is 0 Å². The Morgan fingerprint density at radius 2 is 2.14 bits per heavy atom. The number of nitrogens with one attached hydrogen (secondary N) is 2. The third-order valence-electron chi connectivity index (χ3n) is 2.92. The van der Waals surface area contributed by atoms with Gasteiger partial charge in [-0.25, -0.2) is 0 Å². The minimum Gasteiger partial charge on any atom is -0.379 e. The highest BCUT2D eigenvalue weighted by molar-refractivity contribution is 9.10. The molecule has 2 rings (SSSR count). The maximum Gasteiger partial charge on any atom is 0.251 e. The van der Waals surface area contributed by atoms with Gasteiger partial charge in [-0.2, -0.15) is 0 Å². The summed E-state index contributed by atoms with van der Waals surface area (Å²) in [4.78, 5) is 16.2. The number of nitrogens with zero attached hydrogens (tertiary/aromatic N) is 1. The Bertz CT molecular complexity index is 599. The molecule has 1 heterocycles. The molecule has 0 aliphatic heterocycles.